The Morgan fingerprint density at radius 2 is 1.88 bits per heavy atom. The van der Waals surface area contributed by atoms with E-state index in [1.54, 1.807) is 12.3 Å². The standard InChI is InChI=1S/C26H25N3O2S/c1-3-31-25(30)22-16-32-26(27-22)29-24(20-13-14-20)21(15-18-11-9-17(2)10-12-18)23(28-29)19-7-5-4-6-8-19/h4-12,16,20H,3,13-15H2,1-2H3. The molecule has 4 aromatic rings. The van der Waals surface area contributed by atoms with Gasteiger partial charge in [0.15, 0.2) is 5.69 Å². The highest BCUT2D eigenvalue weighted by atomic mass is 32.1. The van der Waals surface area contributed by atoms with E-state index in [1.807, 2.05) is 22.9 Å². The number of aryl methyl sites for hydroxylation is 1. The van der Waals surface area contributed by atoms with Gasteiger partial charge in [-0.25, -0.2) is 14.5 Å². The number of thiazole rings is 1. The number of aromatic nitrogens is 3. The first kappa shape index (κ1) is 20.6. The molecular formula is C26H25N3O2S. The van der Waals surface area contributed by atoms with Crippen molar-refractivity contribution in [1.82, 2.24) is 14.8 Å². The molecule has 0 bridgehead atoms. The monoisotopic (exact) mass is 443 g/mol. The third-order valence-electron chi connectivity index (χ3n) is 5.69. The SMILES string of the molecule is CCOC(=O)c1csc(-n2nc(-c3ccccc3)c(Cc3ccc(C)cc3)c2C2CC2)n1. The molecule has 0 saturated heterocycles. The van der Waals surface area contributed by atoms with Crippen LogP contribution in [0.1, 0.15) is 58.6 Å². The molecule has 0 radical (unpaired) electrons. The fourth-order valence-corrected chi connectivity index (χ4v) is 4.71. The number of esters is 1. The summed E-state index contributed by atoms with van der Waals surface area (Å²) in [6.07, 6.45) is 3.11. The fourth-order valence-electron chi connectivity index (χ4n) is 3.96. The largest absolute Gasteiger partial charge is 0.461 e. The van der Waals surface area contributed by atoms with Crippen molar-refractivity contribution >= 4 is 17.3 Å². The number of carbonyl (C=O) groups excluding carboxylic acids is 1. The average molecular weight is 444 g/mol. The Kier molecular flexibility index (Phi) is 5.62. The van der Waals surface area contributed by atoms with E-state index in [9.17, 15) is 4.79 Å². The van der Waals surface area contributed by atoms with Gasteiger partial charge >= 0.3 is 5.97 Å². The lowest BCUT2D eigenvalue weighted by atomic mass is 9.97. The Bertz CT molecular complexity index is 1240. The van der Waals surface area contributed by atoms with Crippen molar-refractivity contribution < 1.29 is 9.53 Å². The first-order valence-electron chi connectivity index (χ1n) is 11.0. The van der Waals surface area contributed by atoms with Crippen molar-refractivity contribution in [3.63, 3.8) is 0 Å². The van der Waals surface area contributed by atoms with Crippen LogP contribution in [0.3, 0.4) is 0 Å². The number of carbonyl (C=O) groups is 1. The molecule has 0 atom stereocenters. The van der Waals surface area contributed by atoms with E-state index in [2.05, 4.69) is 48.3 Å². The molecule has 32 heavy (non-hydrogen) atoms. The van der Waals surface area contributed by atoms with Crippen LogP contribution in [-0.4, -0.2) is 27.3 Å². The summed E-state index contributed by atoms with van der Waals surface area (Å²) in [5.41, 5.74) is 7.40. The number of benzene rings is 2. The second-order valence-corrected chi connectivity index (χ2v) is 9.00. The third-order valence-corrected chi connectivity index (χ3v) is 6.51. The van der Waals surface area contributed by atoms with Crippen LogP contribution in [0, 0.1) is 6.92 Å². The average Bonchev–Trinajstić information content (AvgIpc) is 3.40. The number of rotatable bonds is 7. The summed E-state index contributed by atoms with van der Waals surface area (Å²) in [6.45, 7) is 4.24. The van der Waals surface area contributed by atoms with Gasteiger partial charge in [-0.05, 0) is 32.3 Å². The second kappa shape index (κ2) is 8.71. The van der Waals surface area contributed by atoms with E-state index in [4.69, 9.17) is 9.84 Å². The van der Waals surface area contributed by atoms with E-state index >= 15 is 0 Å². The van der Waals surface area contributed by atoms with Gasteiger partial charge in [0.05, 0.1) is 18.0 Å². The van der Waals surface area contributed by atoms with Gasteiger partial charge in [0, 0.05) is 28.8 Å². The lowest BCUT2D eigenvalue weighted by Crippen LogP contribution is -2.07. The molecule has 162 valence electrons. The van der Waals surface area contributed by atoms with E-state index in [-0.39, 0.29) is 0 Å². The summed E-state index contributed by atoms with van der Waals surface area (Å²) in [4.78, 5) is 16.8. The van der Waals surface area contributed by atoms with Crippen molar-refractivity contribution in [2.24, 2.45) is 0 Å². The molecule has 2 aromatic heterocycles. The van der Waals surface area contributed by atoms with Crippen LogP contribution in [0.4, 0.5) is 0 Å². The van der Waals surface area contributed by atoms with E-state index in [0.717, 1.165) is 30.5 Å². The van der Waals surface area contributed by atoms with E-state index in [0.29, 0.717) is 23.4 Å². The van der Waals surface area contributed by atoms with Crippen LogP contribution in [0.25, 0.3) is 16.4 Å². The Labute approximate surface area is 191 Å². The van der Waals surface area contributed by atoms with Gasteiger partial charge in [0.25, 0.3) is 0 Å². The molecule has 2 heterocycles. The van der Waals surface area contributed by atoms with E-state index in [1.165, 1.54) is 33.7 Å². The molecule has 0 spiro atoms. The van der Waals surface area contributed by atoms with Crippen molar-refractivity contribution in [1.29, 1.82) is 0 Å². The molecular weight excluding hydrogens is 418 g/mol. The van der Waals surface area contributed by atoms with Gasteiger partial charge in [-0.15, -0.1) is 11.3 Å². The lowest BCUT2D eigenvalue weighted by molar-refractivity contribution is 0.0520. The highest BCUT2D eigenvalue weighted by molar-refractivity contribution is 7.12. The minimum absolute atomic E-state index is 0.333. The maximum Gasteiger partial charge on any atom is 0.357 e. The minimum Gasteiger partial charge on any atom is -0.461 e. The van der Waals surface area contributed by atoms with Gasteiger partial charge in [-0.2, -0.15) is 5.10 Å². The van der Waals surface area contributed by atoms with E-state index < -0.39 is 5.97 Å². The highest BCUT2D eigenvalue weighted by Crippen LogP contribution is 2.45. The topological polar surface area (TPSA) is 57.0 Å². The van der Waals surface area contributed by atoms with Crippen molar-refractivity contribution in [3.05, 3.63) is 88.1 Å². The number of hydrogen-bond donors (Lipinski definition) is 0. The molecule has 0 unspecified atom stereocenters. The quantitative estimate of drug-likeness (QED) is 0.331. The van der Waals surface area contributed by atoms with Gasteiger partial charge in [-0.1, -0.05) is 60.2 Å². The predicted octanol–water partition coefficient (Wildman–Crippen LogP) is 5.95. The van der Waals surface area contributed by atoms with Gasteiger partial charge in [-0.3, -0.25) is 0 Å². The summed E-state index contributed by atoms with van der Waals surface area (Å²) in [5, 5.41) is 7.52. The second-order valence-electron chi connectivity index (χ2n) is 8.16. The predicted molar refractivity (Wildman–Crippen MR) is 127 cm³/mol. The maximum absolute atomic E-state index is 12.2. The third kappa shape index (κ3) is 4.10. The zero-order chi connectivity index (χ0) is 22.1. The van der Waals surface area contributed by atoms with Crippen molar-refractivity contribution in [2.45, 2.75) is 39.0 Å². The molecule has 6 heteroatoms. The maximum atomic E-state index is 12.2. The normalized spacial score (nSPS) is 13.3. The molecule has 2 aromatic carbocycles. The Morgan fingerprint density at radius 3 is 2.56 bits per heavy atom. The molecule has 0 N–H and O–H groups in total. The molecule has 1 aliphatic carbocycles. The minimum atomic E-state index is -0.390. The number of hydrogen-bond acceptors (Lipinski definition) is 5. The lowest BCUT2D eigenvalue weighted by Gasteiger charge is -2.08. The Morgan fingerprint density at radius 1 is 1.12 bits per heavy atom. The Hall–Kier alpha value is -3.25. The van der Waals surface area contributed by atoms with Gasteiger partial charge < -0.3 is 4.74 Å². The van der Waals surface area contributed by atoms with Crippen LogP contribution >= 0.6 is 11.3 Å². The highest BCUT2D eigenvalue weighted by Gasteiger charge is 2.34. The molecule has 0 aliphatic heterocycles. The van der Waals surface area contributed by atoms with Gasteiger partial charge in [0.2, 0.25) is 5.13 Å². The molecule has 1 saturated carbocycles. The first-order valence-corrected chi connectivity index (χ1v) is 11.9. The van der Waals surface area contributed by atoms with Gasteiger partial charge in [0.1, 0.15) is 0 Å². The zero-order valence-electron chi connectivity index (χ0n) is 18.2. The first-order chi connectivity index (χ1) is 15.6. The molecule has 5 nitrogen and oxygen atoms in total. The van der Waals surface area contributed by atoms with Crippen LogP contribution in [0.15, 0.2) is 60.0 Å². The van der Waals surface area contributed by atoms with Crippen molar-refractivity contribution in [2.75, 3.05) is 6.61 Å². The molecule has 1 fully saturated rings. The van der Waals surface area contributed by atoms with Crippen LogP contribution in [0.5, 0.6) is 0 Å². The number of nitrogens with zero attached hydrogens (tertiary/aromatic N) is 3. The zero-order valence-corrected chi connectivity index (χ0v) is 19.1. The molecule has 0 amide bonds. The smallest absolute Gasteiger partial charge is 0.357 e. The summed E-state index contributed by atoms with van der Waals surface area (Å²) in [6, 6.07) is 19.0. The summed E-state index contributed by atoms with van der Waals surface area (Å²) in [5.74, 6) is 0.0774. The summed E-state index contributed by atoms with van der Waals surface area (Å²) in [7, 11) is 0. The fraction of sp³-hybridized carbons (Fsp3) is 0.269. The summed E-state index contributed by atoms with van der Waals surface area (Å²) < 4.78 is 7.10. The summed E-state index contributed by atoms with van der Waals surface area (Å²) >= 11 is 1.43. The molecule has 1 aliphatic rings. The van der Waals surface area contributed by atoms with Crippen LogP contribution in [0.2, 0.25) is 0 Å². The number of ether oxygens (including phenoxy) is 1. The molecule has 5 rings (SSSR count). The van der Waals surface area contributed by atoms with Crippen LogP contribution in [-0.2, 0) is 11.2 Å². The van der Waals surface area contributed by atoms with Crippen LogP contribution < -0.4 is 0 Å². The Balaban J connectivity index is 1.64. The van der Waals surface area contributed by atoms with Crippen molar-refractivity contribution in [3.8, 4) is 16.4 Å².